The molecule has 1 amide bonds. The van der Waals surface area contributed by atoms with Crippen molar-refractivity contribution in [3.05, 3.63) is 46.4 Å². The van der Waals surface area contributed by atoms with E-state index >= 15 is 0 Å². The second-order valence-electron chi connectivity index (χ2n) is 7.18. The molecule has 1 saturated heterocycles. The van der Waals surface area contributed by atoms with Gasteiger partial charge >= 0.3 is 0 Å². The van der Waals surface area contributed by atoms with E-state index in [1.54, 1.807) is 0 Å². The van der Waals surface area contributed by atoms with E-state index < -0.39 is 0 Å². The van der Waals surface area contributed by atoms with Crippen LogP contribution in [-0.4, -0.2) is 53.8 Å². The van der Waals surface area contributed by atoms with Crippen LogP contribution in [-0.2, 0) is 22.7 Å². The summed E-state index contributed by atoms with van der Waals surface area (Å²) in [5.74, 6) is 1.13. The van der Waals surface area contributed by atoms with Gasteiger partial charge in [0.15, 0.2) is 5.76 Å². The molecule has 2 aromatic heterocycles. The van der Waals surface area contributed by atoms with Gasteiger partial charge in [0.05, 0.1) is 30.5 Å². The number of nitrogens with zero attached hydrogens (tertiary/aromatic N) is 2. The number of carbonyl (C=O) groups is 1. The molecule has 9 heteroatoms. The van der Waals surface area contributed by atoms with Crippen molar-refractivity contribution in [3.63, 3.8) is 0 Å². The number of amides is 1. The van der Waals surface area contributed by atoms with Gasteiger partial charge in [-0.1, -0.05) is 16.8 Å². The van der Waals surface area contributed by atoms with Crippen molar-refractivity contribution >= 4 is 28.4 Å². The van der Waals surface area contributed by atoms with Crippen LogP contribution in [0.25, 0.3) is 10.9 Å². The fourth-order valence-corrected chi connectivity index (χ4v) is 3.52. The fraction of sp³-hybridized carbons (Fsp3) is 0.400. The highest BCUT2D eigenvalue weighted by Gasteiger charge is 2.26. The quantitative estimate of drug-likeness (QED) is 0.639. The lowest BCUT2D eigenvalue weighted by atomic mass is 10.2. The molecule has 0 bridgehead atoms. The third-order valence-corrected chi connectivity index (χ3v) is 5.22. The zero-order valence-corrected chi connectivity index (χ0v) is 17.1. The Balaban J connectivity index is 1.41. The molecule has 2 N–H and O–H groups in total. The Bertz CT molecular complexity index is 1020. The first-order chi connectivity index (χ1) is 14.0. The molecule has 4 rings (SSSR count). The number of hydrogen-bond acceptors (Lipinski definition) is 6. The molecule has 1 aliphatic heterocycles. The first-order valence-corrected chi connectivity index (χ1v) is 9.79. The number of nitrogens with one attached hydrogen (secondary N) is 2. The molecule has 1 atom stereocenters. The molecule has 154 valence electrons. The predicted molar refractivity (Wildman–Crippen MR) is 108 cm³/mol. The highest BCUT2D eigenvalue weighted by Crippen LogP contribution is 2.31. The van der Waals surface area contributed by atoms with Gasteiger partial charge in [0, 0.05) is 35.3 Å². The number of rotatable bonds is 6. The Morgan fingerprint density at radius 3 is 3.03 bits per heavy atom. The van der Waals surface area contributed by atoms with Crippen molar-refractivity contribution in [1.82, 2.24) is 20.4 Å². The van der Waals surface area contributed by atoms with E-state index in [4.69, 9.17) is 25.6 Å². The number of aryl methyl sites for hydroxylation is 1. The number of fused-ring (bicyclic) bond motifs is 1. The van der Waals surface area contributed by atoms with Crippen molar-refractivity contribution in [2.45, 2.75) is 26.1 Å². The lowest BCUT2D eigenvalue weighted by Crippen LogP contribution is -2.51. The molecule has 0 aliphatic carbocycles. The van der Waals surface area contributed by atoms with Crippen LogP contribution in [0.3, 0.4) is 0 Å². The molecule has 3 heterocycles. The molecule has 0 spiro atoms. The van der Waals surface area contributed by atoms with Gasteiger partial charge in [0.2, 0.25) is 5.91 Å². The van der Waals surface area contributed by atoms with Crippen LogP contribution in [0.15, 0.2) is 28.8 Å². The predicted octanol–water partition coefficient (Wildman–Crippen LogP) is 2.64. The number of ether oxygens (including phenoxy) is 2. The Kier molecular flexibility index (Phi) is 5.75. The lowest BCUT2D eigenvalue weighted by Gasteiger charge is -2.31. The van der Waals surface area contributed by atoms with Crippen molar-refractivity contribution in [2.24, 2.45) is 0 Å². The Labute approximate surface area is 173 Å². The van der Waals surface area contributed by atoms with Crippen molar-refractivity contribution in [2.75, 3.05) is 26.8 Å². The zero-order chi connectivity index (χ0) is 20.4. The van der Waals surface area contributed by atoms with Crippen LogP contribution in [0.1, 0.15) is 17.1 Å². The fourth-order valence-electron chi connectivity index (χ4n) is 3.29. The van der Waals surface area contributed by atoms with E-state index in [0.29, 0.717) is 36.3 Å². The minimum atomic E-state index is -0.262. The van der Waals surface area contributed by atoms with Gasteiger partial charge in [-0.05, 0) is 26.1 Å². The van der Waals surface area contributed by atoms with Crippen LogP contribution in [0.2, 0.25) is 5.02 Å². The smallest absolute Gasteiger partial charge is 0.240 e. The number of aromatic amines is 1. The average Bonchev–Trinajstić information content (AvgIpc) is 3.29. The summed E-state index contributed by atoms with van der Waals surface area (Å²) in [7, 11) is 1.93. The summed E-state index contributed by atoms with van der Waals surface area (Å²) in [4.78, 5) is 17.7. The van der Waals surface area contributed by atoms with E-state index in [9.17, 15) is 4.79 Å². The third kappa shape index (κ3) is 4.55. The molecular formula is C20H23ClN4O4. The Morgan fingerprint density at radius 2 is 2.28 bits per heavy atom. The maximum Gasteiger partial charge on any atom is 0.240 e. The van der Waals surface area contributed by atoms with Crippen molar-refractivity contribution < 1.29 is 18.8 Å². The maximum atomic E-state index is 12.4. The summed E-state index contributed by atoms with van der Waals surface area (Å²) in [5, 5.41) is 8.25. The SMILES string of the molecule is Cc1cc(COc2cc3[nH]c(CNC(=O)[C@H]4COCCN4C)cc3cc2Cl)on1. The number of halogens is 1. The second kappa shape index (κ2) is 8.44. The van der Waals surface area contributed by atoms with E-state index in [1.165, 1.54) is 0 Å². The molecule has 1 fully saturated rings. The molecule has 1 aliphatic rings. The first kappa shape index (κ1) is 19.8. The molecule has 0 saturated carbocycles. The summed E-state index contributed by atoms with van der Waals surface area (Å²) in [6, 6.07) is 7.20. The molecule has 29 heavy (non-hydrogen) atoms. The Morgan fingerprint density at radius 1 is 1.41 bits per heavy atom. The normalized spacial score (nSPS) is 17.6. The van der Waals surface area contributed by atoms with E-state index in [0.717, 1.165) is 28.8 Å². The van der Waals surface area contributed by atoms with Crippen LogP contribution in [0.5, 0.6) is 5.75 Å². The number of carbonyl (C=O) groups excluding carboxylic acids is 1. The average molecular weight is 419 g/mol. The van der Waals surface area contributed by atoms with Crippen LogP contribution < -0.4 is 10.1 Å². The second-order valence-corrected chi connectivity index (χ2v) is 7.58. The lowest BCUT2D eigenvalue weighted by molar-refractivity contribution is -0.131. The van der Waals surface area contributed by atoms with E-state index in [1.807, 2.05) is 43.1 Å². The van der Waals surface area contributed by atoms with Crippen molar-refractivity contribution in [1.29, 1.82) is 0 Å². The van der Waals surface area contributed by atoms with Gasteiger partial charge in [-0.15, -0.1) is 0 Å². The number of benzene rings is 1. The number of hydrogen-bond donors (Lipinski definition) is 2. The van der Waals surface area contributed by atoms with Crippen LogP contribution >= 0.6 is 11.6 Å². The van der Waals surface area contributed by atoms with Gasteiger partial charge in [0.1, 0.15) is 18.4 Å². The molecule has 8 nitrogen and oxygen atoms in total. The zero-order valence-electron chi connectivity index (χ0n) is 16.3. The number of likely N-dealkylation sites (N-methyl/N-ethyl adjacent to an activating group) is 1. The molecule has 0 unspecified atom stereocenters. The van der Waals surface area contributed by atoms with Gasteiger partial charge in [0.25, 0.3) is 0 Å². The van der Waals surface area contributed by atoms with Crippen LogP contribution in [0, 0.1) is 6.92 Å². The minimum absolute atomic E-state index is 0.0461. The Hall–Kier alpha value is -2.55. The van der Waals surface area contributed by atoms with E-state index in [2.05, 4.69) is 15.5 Å². The highest BCUT2D eigenvalue weighted by atomic mass is 35.5. The number of aromatic nitrogens is 2. The molecule has 1 aromatic carbocycles. The molecule has 3 aromatic rings. The largest absolute Gasteiger partial charge is 0.484 e. The van der Waals surface area contributed by atoms with Crippen LogP contribution in [0.4, 0.5) is 0 Å². The van der Waals surface area contributed by atoms with Gasteiger partial charge in [-0.25, -0.2) is 0 Å². The number of morpholine rings is 1. The van der Waals surface area contributed by atoms with E-state index in [-0.39, 0.29) is 18.6 Å². The van der Waals surface area contributed by atoms with Gasteiger partial charge < -0.3 is 24.3 Å². The summed E-state index contributed by atoms with van der Waals surface area (Å²) in [5.41, 5.74) is 2.56. The van der Waals surface area contributed by atoms with Gasteiger partial charge in [-0.2, -0.15) is 0 Å². The number of H-pyrrole nitrogens is 1. The monoisotopic (exact) mass is 418 g/mol. The van der Waals surface area contributed by atoms with Crippen molar-refractivity contribution in [3.8, 4) is 5.75 Å². The first-order valence-electron chi connectivity index (χ1n) is 9.41. The molecular weight excluding hydrogens is 396 g/mol. The molecule has 0 radical (unpaired) electrons. The summed E-state index contributed by atoms with van der Waals surface area (Å²) < 4.78 is 16.3. The summed E-state index contributed by atoms with van der Waals surface area (Å²) in [6.07, 6.45) is 0. The standard InChI is InChI=1S/C20H23ClN4O4/c1-12-5-15(29-24-12)10-28-19-8-17-13(7-16(19)21)6-14(23-17)9-22-20(26)18-11-27-4-3-25(18)2/h5-8,18,23H,3-4,9-11H2,1-2H3,(H,22,26)/t18-/m1/s1. The highest BCUT2D eigenvalue weighted by molar-refractivity contribution is 6.32. The maximum absolute atomic E-state index is 12.4. The summed E-state index contributed by atoms with van der Waals surface area (Å²) in [6.45, 7) is 4.30. The van der Waals surface area contributed by atoms with Gasteiger partial charge in [-0.3, -0.25) is 9.69 Å². The summed E-state index contributed by atoms with van der Waals surface area (Å²) >= 11 is 6.35. The topological polar surface area (TPSA) is 92.6 Å². The third-order valence-electron chi connectivity index (χ3n) is 4.93. The minimum Gasteiger partial charge on any atom is -0.484 e.